The molecule has 0 fully saturated rings. The van der Waals surface area contributed by atoms with Gasteiger partial charge in [-0.25, -0.2) is 17.9 Å². The maximum atomic E-state index is 12.4. The SMILES string of the molecule is CCOC(=O)CCCNC(=O)COC(=O)c1cccc(S(=O)(=O)NCc2cccs2)c1. The summed E-state index contributed by atoms with van der Waals surface area (Å²) in [6.07, 6.45) is 0.576. The van der Waals surface area contributed by atoms with Crippen molar-refractivity contribution >= 4 is 39.2 Å². The van der Waals surface area contributed by atoms with Gasteiger partial charge in [-0.15, -0.1) is 11.3 Å². The van der Waals surface area contributed by atoms with Crippen LogP contribution in [0.1, 0.15) is 35.0 Å². The molecule has 31 heavy (non-hydrogen) atoms. The lowest BCUT2D eigenvalue weighted by Gasteiger charge is -2.09. The van der Waals surface area contributed by atoms with Crippen LogP contribution in [0.3, 0.4) is 0 Å². The van der Waals surface area contributed by atoms with Crippen molar-refractivity contribution in [3.05, 3.63) is 52.2 Å². The van der Waals surface area contributed by atoms with Gasteiger partial charge in [0.2, 0.25) is 10.0 Å². The van der Waals surface area contributed by atoms with Gasteiger partial charge in [0.15, 0.2) is 6.61 Å². The summed E-state index contributed by atoms with van der Waals surface area (Å²) in [5, 5.41) is 4.37. The number of hydrogen-bond acceptors (Lipinski definition) is 8. The van der Waals surface area contributed by atoms with Crippen LogP contribution in [0.5, 0.6) is 0 Å². The lowest BCUT2D eigenvalue weighted by atomic mass is 10.2. The van der Waals surface area contributed by atoms with Gasteiger partial charge in [0.05, 0.1) is 17.1 Å². The summed E-state index contributed by atoms with van der Waals surface area (Å²) in [4.78, 5) is 35.9. The Morgan fingerprint density at radius 1 is 1.10 bits per heavy atom. The van der Waals surface area contributed by atoms with E-state index >= 15 is 0 Å². The van der Waals surface area contributed by atoms with Crippen molar-refractivity contribution in [1.29, 1.82) is 0 Å². The molecule has 2 aromatic rings. The Balaban J connectivity index is 1.81. The molecule has 168 valence electrons. The van der Waals surface area contributed by atoms with Gasteiger partial charge in [0.25, 0.3) is 5.91 Å². The number of nitrogens with one attached hydrogen (secondary N) is 2. The van der Waals surface area contributed by atoms with Crippen molar-refractivity contribution in [2.24, 2.45) is 0 Å². The zero-order valence-corrected chi connectivity index (χ0v) is 18.6. The third-order valence-corrected chi connectivity index (χ3v) is 6.19. The molecule has 1 amide bonds. The molecule has 0 aliphatic carbocycles. The summed E-state index contributed by atoms with van der Waals surface area (Å²) in [5.74, 6) is -1.70. The standard InChI is InChI=1S/C20H24N2O7S2/c1-2-28-19(24)9-4-10-21-18(23)14-29-20(25)15-6-3-8-17(12-15)31(26,27)22-13-16-7-5-11-30-16/h3,5-8,11-12,22H,2,4,9-10,13-14H2,1H3,(H,21,23). The van der Waals surface area contributed by atoms with Gasteiger partial charge in [0.1, 0.15) is 0 Å². The van der Waals surface area contributed by atoms with E-state index in [4.69, 9.17) is 9.47 Å². The van der Waals surface area contributed by atoms with Crippen LogP contribution in [0.25, 0.3) is 0 Å². The van der Waals surface area contributed by atoms with Crippen LogP contribution in [0, 0.1) is 0 Å². The van der Waals surface area contributed by atoms with Crippen LogP contribution >= 0.6 is 11.3 Å². The minimum atomic E-state index is -3.82. The first kappa shape index (κ1) is 24.5. The predicted octanol–water partition coefficient (Wildman–Crippen LogP) is 1.84. The highest BCUT2D eigenvalue weighted by Crippen LogP contribution is 2.14. The van der Waals surface area contributed by atoms with Gasteiger partial charge in [-0.1, -0.05) is 12.1 Å². The summed E-state index contributed by atoms with van der Waals surface area (Å²) in [6.45, 7) is 1.87. The van der Waals surface area contributed by atoms with E-state index in [0.717, 1.165) is 4.88 Å². The highest BCUT2D eigenvalue weighted by Gasteiger charge is 2.17. The largest absolute Gasteiger partial charge is 0.466 e. The van der Waals surface area contributed by atoms with E-state index in [1.54, 1.807) is 6.92 Å². The van der Waals surface area contributed by atoms with Crippen molar-refractivity contribution in [2.75, 3.05) is 19.8 Å². The van der Waals surface area contributed by atoms with E-state index in [9.17, 15) is 22.8 Å². The van der Waals surface area contributed by atoms with Gasteiger partial charge in [-0.05, 0) is 43.0 Å². The fourth-order valence-corrected chi connectivity index (χ4v) is 4.20. The molecule has 0 bridgehead atoms. The van der Waals surface area contributed by atoms with Crippen LogP contribution in [0.15, 0.2) is 46.7 Å². The highest BCUT2D eigenvalue weighted by molar-refractivity contribution is 7.89. The van der Waals surface area contributed by atoms with Crippen LogP contribution in [-0.4, -0.2) is 46.0 Å². The second kappa shape index (κ2) is 12.2. The van der Waals surface area contributed by atoms with Crippen molar-refractivity contribution in [1.82, 2.24) is 10.0 Å². The van der Waals surface area contributed by atoms with Crippen LogP contribution in [-0.2, 0) is 35.6 Å². The molecular formula is C20H24N2O7S2. The number of carbonyl (C=O) groups excluding carboxylic acids is 3. The summed E-state index contributed by atoms with van der Waals surface area (Å²) < 4.78 is 37.1. The average Bonchev–Trinajstić information content (AvgIpc) is 3.28. The topological polar surface area (TPSA) is 128 Å². The second-order valence-electron chi connectivity index (χ2n) is 6.27. The number of ether oxygens (including phenoxy) is 2. The number of esters is 2. The fourth-order valence-electron chi connectivity index (χ4n) is 2.41. The van der Waals surface area contributed by atoms with Crippen LogP contribution in [0.2, 0.25) is 0 Å². The fraction of sp³-hybridized carbons (Fsp3) is 0.350. The van der Waals surface area contributed by atoms with Crippen molar-refractivity contribution in [3.8, 4) is 0 Å². The number of hydrogen-bond donors (Lipinski definition) is 2. The molecule has 1 heterocycles. The molecule has 2 N–H and O–H groups in total. The van der Waals surface area contributed by atoms with Gasteiger partial charge in [-0.3, -0.25) is 9.59 Å². The third kappa shape index (κ3) is 8.48. The Bertz CT molecular complexity index is 989. The third-order valence-electron chi connectivity index (χ3n) is 3.92. The number of amides is 1. The van der Waals surface area contributed by atoms with Gasteiger partial charge in [0, 0.05) is 24.4 Å². The molecule has 1 aromatic carbocycles. The maximum Gasteiger partial charge on any atom is 0.338 e. The summed E-state index contributed by atoms with van der Waals surface area (Å²) in [5.41, 5.74) is 0.00843. The minimum absolute atomic E-state index is 0.00843. The molecule has 0 aliphatic heterocycles. The monoisotopic (exact) mass is 468 g/mol. The first-order chi connectivity index (χ1) is 14.8. The lowest BCUT2D eigenvalue weighted by Crippen LogP contribution is -2.30. The van der Waals surface area contributed by atoms with E-state index in [2.05, 4.69) is 10.0 Å². The molecule has 2 rings (SSSR count). The second-order valence-corrected chi connectivity index (χ2v) is 9.07. The highest BCUT2D eigenvalue weighted by atomic mass is 32.2. The number of thiophene rings is 1. The molecule has 0 atom stereocenters. The number of carbonyl (C=O) groups is 3. The Hall–Kier alpha value is -2.76. The molecule has 0 unspecified atom stereocenters. The Labute approximate surface area is 184 Å². The first-order valence-electron chi connectivity index (χ1n) is 9.53. The smallest absolute Gasteiger partial charge is 0.338 e. The number of sulfonamides is 1. The normalized spacial score (nSPS) is 11.0. The quantitative estimate of drug-likeness (QED) is 0.359. The molecule has 0 spiro atoms. The van der Waals surface area contributed by atoms with E-state index in [1.807, 2.05) is 17.5 Å². The Kier molecular flexibility index (Phi) is 9.63. The van der Waals surface area contributed by atoms with Crippen molar-refractivity contribution < 1.29 is 32.3 Å². The average molecular weight is 469 g/mol. The van der Waals surface area contributed by atoms with E-state index < -0.39 is 28.5 Å². The van der Waals surface area contributed by atoms with Crippen LogP contribution in [0.4, 0.5) is 0 Å². The van der Waals surface area contributed by atoms with Gasteiger partial charge < -0.3 is 14.8 Å². The minimum Gasteiger partial charge on any atom is -0.466 e. The van der Waals surface area contributed by atoms with E-state index in [0.29, 0.717) is 13.0 Å². The molecule has 11 heteroatoms. The van der Waals surface area contributed by atoms with Gasteiger partial charge in [-0.2, -0.15) is 0 Å². The number of benzene rings is 1. The zero-order valence-electron chi connectivity index (χ0n) is 17.0. The molecule has 0 saturated carbocycles. The molecule has 0 saturated heterocycles. The number of rotatable bonds is 12. The lowest BCUT2D eigenvalue weighted by molar-refractivity contribution is -0.143. The Morgan fingerprint density at radius 3 is 2.61 bits per heavy atom. The van der Waals surface area contributed by atoms with Gasteiger partial charge >= 0.3 is 11.9 Å². The maximum absolute atomic E-state index is 12.4. The summed E-state index contributed by atoms with van der Waals surface area (Å²) in [7, 11) is -3.82. The van der Waals surface area contributed by atoms with Crippen molar-refractivity contribution in [3.63, 3.8) is 0 Å². The van der Waals surface area contributed by atoms with Crippen LogP contribution < -0.4 is 10.0 Å². The molecule has 0 aliphatic rings. The summed E-state index contributed by atoms with van der Waals surface area (Å²) >= 11 is 1.42. The van der Waals surface area contributed by atoms with E-state index in [-0.39, 0.29) is 35.9 Å². The molecular weight excluding hydrogens is 444 g/mol. The molecule has 9 nitrogen and oxygen atoms in total. The predicted molar refractivity (Wildman–Crippen MR) is 114 cm³/mol. The molecule has 1 aromatic heterocycles. The summed E-state index contributed by atoms with van der Waals surface area (Å²) in [6, 6.07) is 9.01. The first-order valence-corrected chi connectivity index (χ1v) is 11.9. The zero-order chi connectivity index (χ0) is 22.7. The van der Waals surface area contributed by atoms with E-state index in [1.165, 1.54) is 35.6 Å². The molecule has 0 radical (unpaired) electrons. The van der Waals surface area contributed by atoms with Crippen molar-refractivity contribution in [2.45, 2.75) is 31.2 Å². The Morgan fingerprint density at radius 2 is 1.90 bits per heavy atom.